The Balaban J connectivity index is 2.92. The van der Waals surface area contributed by atoms with Crippen LogP contribution in [0.2, 0.25) is 0 Å². The highest BCUT2D eigenvalue weighted by atomic mass is 16.6. The Morgan fingerprint density at radius 1 is 1.59 bits per heavy atom. The molecule has 0 aromatic heterocycles. The number of ether oxygens (including phenoxy) is 1. The molecule has 0 spiro atoms. The van der Waals surface area contributed by atoms with E-state index in [2.05, 4.69) is 5.32 Å². The lowest BCUT2D eigenvalue weighted by atomic mass is 10.1. The lowest BCUT2D eigenvalue weighted by Gasteiger charge is -2.17. The van der Waals surface area contributed by atoms with Crippen LogP contribution in [-0.2, 0) is 4.74 Å². The lowest BCUT2D eigenvalue weighted by Crippen LogP contribution is -2.28. The van der Waals surface area contributed by atoms with Gasteiger partial charge in [-0.2, -0.15) is 0 Å². The van der Waals surface area contributed by atoms with Crippen molar-refractivity contribution in [3.8, 4) is 0 Å². The number of hydrogen-bond donors (Lipinski definition) is 3. The number of nitrogens with two attached hydrogens (primary N) is 1. The van der Waals surface area contributed by atoms with E-state index in [0.29, 0.717) is 18.7 Å². The van der Waals surface area contributed by atoms with Crippen molar-refractivity contribution in [1.29, 1.82) is 5.41 Å². The third-order valence-corrected chi connectivity index (χ3v) is 2.81. The van der Waals surface area contributed by atoms with Gasteiger partial charge in [0.2, 0.25) is 0 Å². The lowest BCUT2D eigenvalue weighted by molar-refractivity contribution is -0.416. The molecule has 1 aliphatic rings. The van der Waals surface area contributed by atoms with Gasteiger partial charge in [-0.1, -0.05) is 0 Å². The van der Waals surface area contributed by atoms with E-state index >= 15 is 0 Å². The van der Waals surface area contributed by atoms with Gasteiger partial charge in [0.25, 0.3) is 0 Å². The first kappa shape index (κ1) is 13.6. The molecule has 17 heavy (non-hydrogen) atoms. The maximum absolute atomic E-state index is 10.8. The number of nitro groups is 1. The molecule has 0 aromatic rings. The van der Waals surface area contributed by atoms with E-state index < -0.39 is 4.92 Å². The molecule has 0 radical (unpaired) electrons. The Morgan fingerprint density at radius 2 is 2.29 bits per heavy atom. The Hall–Kier alpha value is -1.47. The second kappa shape index (κ2) is 6.31. The second-order valence-electron chi connectivity index (χ2n) is 3.94. The third kappa shape index (κ3) is 3.50. The molecular weight excluding hydrogens is 224 g/mol. The van der Waals surface area contributed by atoms with Gasteiger partial charge in [-0.25, -0.2) is 0 Å². The maximum Gasteiger partial charge on any atom is 0.308 e. The molecule has 2 atom stereocenters. The molecule has 1 saturated heterocycles. The summed E-state index contributed by atoms with van der Waals surface area (Å²) in [7, 11) is 1.59. The normalized spacial score (nSPS) is 26.7. The van der Waals surface area contributed by atoms with Crippen LogP contribution in [0.5, 0.6) is 0 Å². The van der Waals surface area contributed by atoms with Gasteiger partial charge >= 0.3 is 5.70 Å². The molecule has 0 aliphatic carbocycles. The molecule has 7 nitrogen and oxygen atoms in total. The fourth-order valence-electron chi connectivity index (χ4n) is 1.87. The topological polar surface area (TPSA) is 114 Å². The Kier molecular flexibility index (Phi) is 5.05. The van der Waals surface area contributed by atoms with Crippen molar-refractivity contribution in [3.63, 3.8) is 0 Å². The minimum atomic E-state index is -0.576. The summed E-state index contributed by atoms with van der Waals surface area (Å²) >= 11 is 0. The molecule has 1 heterocycles. The number of nitrogens with zero attached hydrogens (tertiary/aromatic N) is 1. The van der Waals surface area contributed by atoms with Crippen LogP contribution in [0.1, 0.15) is 19.3 Å². The summed E-state index contributed by atoms with van der Waals surface area (Å²) in [5.74, 6) is 0. The minimum Gasteiger partial charge on any atom is -0.384 e. The Morgan fingerprint density at radius 3 is 2.82 bits per heavy atom. The Labute approximate surface area is 99.7 Å². The fraction of sp³-hybridized carbons (Fsp3) is 0.700. The molecule has 96 valence electrons. The zero-order valence-corrected chi connectivity index (χ0v) is 9.81. The predicted molar refractivity (Wildman–Crippen MR) is 63.4 cm³/mol. The van der Waals surface area contributed by atoms with Gasteiger partial charge in [0.05, 0.1) is 11.1 Å². The largest absolute Gasteiger partial charge is 0.384 e. The Bertz CT molecular complexity index is 330. The number of likely N-dealkylation sites (N-methyl/N-ethyl adjacent to an activating group) is 1. The van der Waals surface area contributed by atoms with E-state index in [9.17, 15) is 10.1 Å². The predicted octanol–water partition coefficient (Wildman–Crippen LogP) is 0.240. The van der Waals surface area contributed by atoms with Crippen molar-refractivity contribution >= 4 is 6.21 Å². The molecule has 1 fully saturated rings. The van der Waals surface area contributed by atoms with Crippen molar-refractivity contribution in [1.82, 2.24) is 5.32 Å². The van der Waals surface area contributed by atoms with E-state index in [4.69, 9.17) is 15.9 Å². The van der Waals surface area contributed by atoms with Gasteiger partial charge in [-0.3, -0.25) is 10.1 Å². The summed E-state index contributed by atoms with van der Waals surface area (Å²) < 4.78 is 5.55. The summed E-state index contributed by atoms with van der Waals surface area (Å²) in [5, 5.41) is 20.7. The average Bonchev–Trinajstić information content (AvgIpc) is 2.50. The summed E-state index contributed by atoms with van der Waals surface area (Å²) in [6.07, 6.45) is 2.50. The standard InChI is InChI=1S/C10H18N4O3/c1-13-10(8(6-11)14(15)16)9-3-2-7(12)4-5-17-9/h6-7,9,11,13H,2-5,12H2,1H3/b10-8+,11-6?. The minimum absolute atomic E-state index is 0.0807. The maximum atomic E-state index is 10.8. The molecule has 7 heteroatoms. The number of hydrogen-bond acceptors (Lipinski definition) is 6. The number of allylic oxidation sites excluding steroid dienone is 1. The SMILES string of the molecule is CN/C(=C(\C=N)[N+](=O)[O-])C1CCC(N)CCO1. The van der Waals surface area contributed by atoms with Crippen LogP contribution >= 0.6 is 0 Å². The number of nitrogens with one attached hydrogen (secondary N) is 2. The monoisotopic (exact) mass is 242 g/mol. The first-order chi connectivity index (χ1) is 8.10. The summed E-state index contributed by atoms with van der Waals surface area (Å²) in [4.78, 5) is 10.2. The second-order valence-corrected chi connectivity index (χ2v) is 3.94. The smallest absolute Gasteiger partial charge is 0.308 e. The van der Waals surface area contributed by atoms with Crippen molar-refractivity contribution in [2.45, 2.75) is 31.4 Å². The molecule has 0 saturated carbocycles. The van der Waals surface area contributed by atoms with Crippen LogP contribution < -0.4 is 11.1 Å². The van der Waals surface area contributed by atoms with Crippen molar-refractivity contribution in [2.24, 2.45) is 5.73 Å². The summed E-state index contributed by atoms with van der Waals surface area (Å²) in [6.45, 7) is 0.486. The summed E-state index contributed by atoms with van der Waals surface area (Å²) in [5.41, 5.74) is 5.90. The third-order valence-electron chi connectivity index (χ3n) is 2.81. The molecule has 0 aromatic carbocycles. The van der Waals surface area contributed by atoms with Crippen molar-refractivity contribution in [3.05, 3.63) is 21.5 Å². The zero-order chi connectivity index (χ0) is 12.8. The zero-order valence-electron chi connectivity index (χ0n) is 9.81. The van der Waals surface area contributed by atoms with E-state index in [1.165, 1.54) is 0 Å². The molecule has 0 amide bonds. The van der Waals surface area contributed by atoms with Gasteiger partial charge in [-0.15, -0.1) is 0 Å². The fourth-order valence-corrected chi connectivity index (χ4v) is 1.87. The van der Waals surface area contributed by atoms with E-state index in [0.717, 1.165) is 19.1 Å². The average molecular weight is 242 g/mol. The first-order valence-corrected chi connectivity index (χ1v) is 5.54. The highest BCUT2D eigenvalue weighted by molar-refractivity contribution is 5.73. The van der Waals surface area contributed by atoms with Crippen LogP contribution in [0.3, 0.4) is 0 Å². The highest BCUT2D eigenvalue weighted by Gasteiger charge is 2.26. The molecule has 1 aliphatic heterocycles. The first-order valence-electron chi connectivity index (χ1n) is 5.54. The molecular formula is C10H18N4O3. The van der Waals surface area contributed by atoms with Gasteiger partial charge < -0.3 is 21.2 Å². The van der Waals surface area contributed by atoms with Crippen molar-refractivity contribution in [2.75, 3.05) is 13.7 Å². The van der Waals surface area contributed by atoms with E-state index in [-0.39, 0.29) is 17.8 Å². The van der Waals surface area contributed by atoms with Gasteiger partial charge in [-0.05, 0) is 19.3 Å². The van der Waals surface area contributed by atoms with Crippen LogP contribution in [0.4, 0.5) is 0 Å². The van der Waals surface area contributed by atoms with Gasteiger partial charge in [0.15, 0.2) is 0 Å². The van der Waals surface area contributed by atoms with Gasteiger partial charge in [0, 0.05) is 19.7 Å². The highest BCUT2D eigenvalue weighted by Crippen LogP contribution is 2.19. The van der Waals surface area contributed by atoms with Crippen LogP contribution in [-0.4, -0.2) is 36.9 Å². The molecule has 4 N–H and O–H groups in total. The quantitative estimate of drug-likeness (QED) is 0.371. The van der Waals surface area contributed by atoms with Crippen molar-refractivity contribution < 1.29 is 9.66 Å². The molecule has 2 unspecified atom stereocenters. The number of rotatable bonds is 4. The molecule has 1 rings (SSSR count). The van der Waals surface area contributed by atoms with E-state index in [1.807, 2.05) is 0 Å². The van der Waals surface area contributed by atoms with Crippen LogP contribution in [0, 0.1) is 15.5 Å². The van der Waals surface area contributed by atoms with Crippen LogP contribution in [0.25, 0.3) is 0 Å². The molecule has 0 bridgehead atoms. The van der Waals surface area contributed by atoms with Crippen LogP contribution in [0.15, 0.2) is 11.4 Å². The van der Waals surface area contributed by atoms with Gasteiger partial charge in [0.1, 0.15) is 11.8 Å². The van der Waals surface area contributed by atoms with E-state index in [1.54, 1.807) is 7.05 Å². The summed E-state index contributed by atoms with van der Waals surface area (Å²) in [6, 6.07) is 0.0807.